The third kappa shape index (κ3) is 12.2. The second-order valence-corrected chi connectivity index (χ2v) is 20.7. The van der Waals surface area contributed by atoms with Crippen LogP contribution in [0.15, 0.2) is 69.1 Å². The van der Waals surface area contributed by atoms with Crippen molar-refractivity contribution >= 4 is 38.8 Å². The number of aliphatic hydroxyl groups is 2. The van der Waals surface area contributed by atoms with Crippen molar-refractivity contribution in [2.75, 3.05) is 14.2 Å². The summed E-state index contributed by atoms with van der Waals surface area (Å²) < 4.78 is 54.4. The van der Waals surface area contributed by atoms with Crippen LogP contribution in [0.4, 0.5) is 0 Å². The number of aryl methyl sites for hydroxylation is 5. The van der Waals surface area contributed by atoms with E-state index in [4.69, 9.17) is 36.0 Å². The lowest BCUT2D eigenvalue weighted by molar-refractivity contribution is 0.281. The average Bonchev–Trinajstić information content (AvgIpc) is 3.73. The van der Waals surface area contributed by atoms with Crippen LogP contribution in [0.3, 0.4) is 0 Å². The van der Waals surface area contributed by atoms with Gasteiger partial charge in [0.2, 0.25) is 0 Å². The molecule has 70 heavy (non-hydrogen) atoms. The molecule has 0 saturated heterocycles. The van der Waals surface area contributed by atoms with Crippen molar-refractivity contribution in [3.05, 3.63) is 105 Å². The van der Waals surface area contributed by atoms with Crippen LogP contribution in [-0.4, -0.2) is 24.4 Å². The summed E-state index contributed by atoms with van der Waals surface area (Å²) in [4.78, 5) is 0. The first-order valence-corrected chi connectivity index (χ1v) is 28.1. The Kier molecular flexibility index (Phi) is 19.3. The van der Waals surface area contributed by atoms with E-state index in [9.17, 15) is 10.2 Å². The number of fused-ring (bicyclic) bond motifs is 4. The van der Waals surface area contributed by atoms with Crippen molar-refractivity contribution in [2.45, 2.75) is 170 Å². The van der Waals surface area contributed by atoms with Crippen LogP contribution in [-0.2, 0) is 45.3 Å². The van der Waals surface area contributed by atoms with E-state index in [-0.39, 0.29) is 19.1 Å². The van der Waals surface area contributed by atoms with Crippen molar-refractivity contribution in [3.8, 4) is 45.6 Å². The van der Waals surface area contributed by atoms with Gasteiger partial charge in [0, 0.05) is 27.5 Å². The zero-order valence-corrected chi connectivity index (χ0v) is 44.9. The minimum Gasteiger partial charge on any atom is -0.497 e. The number of benzene rings is 5. The molecule has 12 heteroatoms. The summed E-state index contributed by atoms with van der Waals surface area (Å²) in [5.74, 6) is 4.09. The predicted octanol–water partition coefficient (Wildman–Crippen LogP) is 17.1. The van der Waals surface area contributed by atoms with Gasteiger partial charge in [-0.1, -0.05) is 86.6 Å². The largest absolute Gasteiger partial charge is 0.530 e. The minimum absolute atomic E-state index is 0.0308. The summed E-state index contributed by atoms with van der Waals surface area (Å²) in [5.41, 5.74) is 10.6. The minimum atomic E-state index is -2.19. The molecule has 2 N–H and O–H groups in total. The SMILES string of the molecule is CCCCc1cc(CCCC)c2c(c1)OP(Oc1c(CCCC)cc(OC)cc1-c1cc(OC)cc(C(C)CC)c1Op1oc3c(CCCC)cc(CO)cc3c3cc(CO)cc(CCCC)c3o1)O2. The van der Waals surface area contributed by atoms with Crippen molar-refractivity contribution in [1.82, 2.24) is 0 Å². The molecule has 0 amide bonds. The van der Waals surface area contributed by atoms with E-state index >= 15 is 0 Å². The van der Waals surface area contributed by atoms with Crippen molar-refractivity contribution in [2.24, 2.45) is 0 Å². The van der Waals surface area contributed by atoms with Gasteiger partial charge in [-0.3, -0.25) is 0 Å². The monoisotopic (exact) mass is 994 g/mol. The fraction of sp³-hybridized carbons (Fsp3) is 0.483. The molecule has 1 aliphatic rings. The molecule has 0 bridgehead atoms. The fourth-order valence-corrected chi connectivity index (χ4v) is 11.5. The third-order valence-electron chi connectivity index (χ3n) is 13.5. The molecule has 0 spiro atoms. The van der Waals surface area contributed by atoms with Gasteiger partial charge in [0.25, 0.3) is 0 Å². The molecule has 0 radical (unpaired) electrons. The molecule has 2 atom stereocenters. The summed E-state index contributed by atoms with van der Waals surface area (Å²) in [6.45, 7) is 15.1. The third-order valence-corrected chi connectivity index (χ3v) is 15.5. The van der Waals surface area contributed by atoms with Crippen LogP contribution in [0.2, 0.25) is 0 Å². The zero-order chi connectivity index (χ0) is 49.7. The maximum Gasteiger partial charge on any atom is 0.530 e. The van der Waals surface area contributed by atoms with Crippen molar-refractivity contribution in [1.29, 1.82) is 0 Å². The van der Waals surface area contributed by atoms with Crippen LogP contribution in [0.25, 0.3) is 33.1 Å². The van der Waals surface area contributed by atoms with E-state index < -0.39 is 16.8 Å². The van der Waals surface area contributed by atoms with Gasteiger partial charge in [-0.2, -0.15) is 0 Å². The quantitative estimate of drug-likeness (QED) is 0.0508. The topological polar surface area (TPSA) is 122 Å². The Bertz CT molecular complexity index is 2670. The van der Waals surface area contributed by atoms with Gasteiger partial charge in [-0.15, -0.1) is 0 Å². The molecular formula is C58H76O10P2. The van der Waals surface area contributed by atoms with Crippen LogP contribution < -0.4 is 27.6 Å². The second-order valence-electron chi connectivity index (χ2n) is 18.7. The normalized spacial score (nSPS) is 13.6. The number of ether oxygens (including phenoxy) is 2. The van der Waals surface area contributed by atoms with Gasteiger partial charge in [0.05, 0.1) is 27.4 Å². The predicted molar refractivity (Wildman–Crippen MR) is 286 cm³/mol. The Morgan fingerprint density at radius 3 is 1.54 bits per heavy atom. The van der Waals surface area contributed by atoms with Crippen LogP contribution in [0.1, 0.15) is 170 Å². The fourth-order valence-electron chi connectivity index (χ4n) is 9.22. The highest BCUT2D eigenvalue weighted by Crippen LogP contribution is 2.58. The lowest BCUT2D eigenvalue weighted by Gasteiger charge is -2.23. The number of rotatable bonds is 26. The Morgan fingerprint density at radius 1 is 0.514 bits per heavy atom. The molecule has 1 aromatic heterocycles. The molecule has 0 fully saturated rings. The van der Waals surface area contributed by atoms with Crippen molar-refractivity contribution in [3.63, 3.8) is 0 Å². The number of methoxy groups -OCH3 is 2. The molecule has 378 valence electrons. The summed E-state index contributed by atoms with van der Waals surface area (Å²) in [5, 5.41) is 22.8. The van der Waals surface area contributed by atoms with Gasteiger partial charge in [0.15, 0.2) is 11.5 Å². The molecule has 0 saturated carbocycles. The van der Waals surface area contributed by atoms with Gasteiger partial charge in [-0.25, -0.2) is 0 Å². The number of aliphatic hydroxyl groups excluding tert-OH is 2. The van der Waals surface area contributed by atoms with Crippen LogP contribution in [0.5, 0.6) is 34.5 Å². The van der Waals surface area contributed by atoms with E-state index in [2.05, 4.69) is 72.7 Å². The Hall–Kier alpha value is -4.85. The maximum atomic E-state index is 10.6. The summed E-state index contributed by atoms with van der Waals surface area (Å²) >= 11 is 0. The van der Waals surface area contributed by atoms with E-state index in [1.54, 1.807) is 14.2 Å². The first kappa shape index (κ1) is 53.0. The molecule has 2 unspecified atom stereocenters. The molecule has 7 rings (SSSR count). The second kappa shape index (κ2) is 25.5. The Labute approximate surface area is 418 Å². The standard InChI is InChI=1S/C58H76O10P2/c1-10-16-21-39-26-44(24-19-13-4)57-53(31-39)63-69(67-57)64-56-45(25-20-14-5)32-46(61-8)34-51(56)52-35-47(62-9)33-48(38(7)15-6)58(52)68-70-65-54-42(22-17-11-2)27-40(36-59)29-49(54)50-30-41(37-60)28-43(23-18-12-3)55(50)66-70/h26-35,38,59-60H,10-25,36-37H2,1-9H3. The van der Waals surface area contributed by atoms with E-state index in [1.807, 2.05) is 36.4 Å². The Morgan fingerprint density at radius 2 is 1.01 bits per heavy atom. The Balaban J connectivity index is 1.49. The molecule has 6 aromatic rings. The first-order valence-electron chi connectivity index (χ1n) is 25.9. The highest BCUT2D eigenvalue weighted by molar-refractivity contribution is 7.43. The molecule has 0 aliphatic carbocycles. The molecule has 2 heterocycles. The summed E-state index contributed by atoms with van der Waals surface area (Å²) in [7, 11) is -0.707. The molecule has 10 nitrogen and oxygen atoms in total. The smallest absolute Gasteiger partial charge is 0.497 e. The lowest BCUT2D eigenvalue weighted by Crippen LogP contribution is -2.04. The molecule has 1 aliphatic heterocycles. The van der Waals surface area contributed by atoms with Crippen molar-refractivity contribution < 1.29 is 46.2 Å². The van der Waals surface area contributed by atoms with Gasteiger partial charge in [0.1, 0.15) is 34.2 Å². The van der Waals surface area contributed by atoms with Gasteiger partial charge >= 0.3 is 16.8 Å². The van der Waals surface area contributed by atoms with E-state index in [0.717, 1.165) is 175 Å². The zero-order valence-electron chi connectivity index (χ0n) is 43.1. The summed E-state index contributed by atoms with van der Waals surface area (Å²) in [6, 6.07) is 20.6. The van der Waals surface area contributed by atoms with Gasteiger partial charge < -0.3 is 46.2 Å². The number of hydrogen-bond donors (Lipinski definition) is 2. The number of hydrogen-bond acceptors (Lipinski definition) is 10. The van der Waals surface area contributed by atoms with Gasteiger partial charge in [-0.05, 0) is 170 Å². The van der Waals surface area contributed by atoms with Crippen LogP contribution >= 0.6 is 16.8 Å². The molecular weight excluding hydrogens is 919 g/mol. The highest BCUT2D eigenvalue weighted by atomic mass is 31.2. The lowest BCUT2D eigenvalue weighted by atomic mass is 9.91. The maximum absolute atomic E-state index is 10.6. The van der Waals surface area contributed by atoms with Crippen LogP contribution in [0, 0.1) is 0 Å². The molecule has 5 aromatic carbocycles. The first-order chi connectivity index (χ1) is 34.1. The highest BCUT2D eigenvalue weighted by Gasteiger charge is 2.35. The summed E-state index contributed by atoms with van der Waals surface area (Å²) in [6.07, 6.45) is 15.0. The van der Waals surface area contributed by atoms with E-state index in [1.165, 1.54) is 5.56 Å². The number of unbranched alkanes of at least 4 members (excludes halogenated alkanes) is 5. The van der Waals surface area contributed by atoms with E-state index in [0.29, 0.717) is 34.2 Å². The average molecular weight is 995 g/mol.